The molecule has 2 aromatic heterocycles. The van der Waals surface area contributed by atoms with Gasteiger partial charge in [-0.2, -0.15) is 0 Å². The second-order valence-corrected chi connectivity index (χ2v) is 13.6. The van der Waals surface area contributed by atoms with Crippen LogP contribution in [0, 0.1) is 6.92 Å². The van der Waals surface area contributed by atoms with Gasteiger partial charge in [0.25, 0.3) is 0 Å². The zero-order valence-corrected chi connectivity index (χ0v) is 24.8. The van der Waals surface area contributed by atoms with Gasteiger partial charge in [-0.1, -0.05) is 55.6 Å². The molecule has 2 aliphatic rings. The second-order valence-electron chi connectivity index (χ2n) is 12.4. The molecule has 0 fully saturated rings. The van der Waals surface area contributed by atoms with E-state index in [1.165, 1.54) is 22.3 Å². The zero-order valence-electron chi connectivity index (χ0n) is 22.5. The third-order valence-electron chi connectivity index (χ3n) is 9.19. The Hall–Kier alpha value is -3.05. The van der Waals surface area contributed by atoms with Crippen LogP contribution in [0.4, 0.5) is 0 Å². The first kappa shape index (κ1) is 24.7. The summed E-state index contributed by atoms with van der Waals surface area (Å²) < 4.78 is 0. The molecule has 2 aliphatic carbocycles. The highest BCUT2D eigenvalue weighted by Crippen LogP contribution is 2.62. The molecule has 1 spiro atoms. The van der Waals surface area contributed by atoms with E-state index in [1.54, 1.807) is 12.1 Å². The van der Waals surface area contributed by atoms with Crippen molar-refractivity contribution < 1.29 is 0 Å². The van der Waals surface area contributed by atoms with Gasteiger partial charge in [0, 0.05) is 10.4 Å². The minimum absolute atomic E-state index is 0.0271. The predicted molar refractivity (Wildman–Crippen MR) is 165 cm³/mol. The highest BCUT2D eigenvalue weighted by atomic mass is 35.5. The van der Waals surface area contributed by atoms with Crippen molar-refractivity contribution in [3.05, 3.63) is 91.4 Å². The molecule has 198 valence electrons. The quantitative estimate of drug-likeness (QED) is 0.167. The lowest BCUT2D eigenvalue weighted by Crippen LogP contribution is -2.24. The normalized spacial score (nSPS) is 21.2. The SMILES string of the molecule is Cc1cc2nc3cc4c(cc3nc2cc1Cl)C(C)(C)C[C@@]41C[C@@H](C)c2cc3nc4cc(Cl)c(Cl)cc4nc3cc21. The fourth-order valence-electron chi connectivity index (χ4n) is 7.47. The third kappa shape index (κ3) is 3.33. The molecule has 8 rings (SSSR count). The summed E-state index contributed by atoms with van der Waals surface area (Å²) in [6, 6.07) is 16.6. The lowest BCUT2D eigenvalue weighted by atomic mass is 9.74. The van der Waals surface area contributed by atoms with Crippen LogP contribution in [-0.2, 0) is 10.8 Å². The summed E-state index contributed by atoms with van der Waals surface area (Å²) in [4.78, 5) is 20.0. The van der Waals surface area contributed by atoms with E-state index < -0.39 is 0 Å². The van der Waals surface area contributed by atoms with Crippen molar-refractivity contribution in [2.24, 2.45) is 0 Å². The molecule has 4 aromatic carbocycles. The standard InChI is InChI=1S/C33H25Cl3N4/c1-15-5-24-29(10-21(15)34)40-27-8-19-20(9-28(27)37-24)33(14-32(19,3)4)13-16(2)17-6-25-26(7-18(17)33)39-31-12-23(36)22(35)11-30(31)38-25/h5-12,16H,13-14H2,1-4H3/t16-,33-/m1/s1. The van der Waals surface area contributed by atoms with Crippen LogP contribution in [0.2, 0.25) is 15.1 Å². The zero-order chi connectivity index (χ0) is 27.7. The van der Waals surface area contributed by atoms with Gasteiger partial charge in [0.15, 0.2) is 0 Å². The van der Waals surface area contributed by atoms with E-state index in [-0.39, 0.29) is 10.8 Å². The molecule has 0 aliphatic heterocycles. The third-order valence-corrected chi connectivity index (χ3v) is 10.3. The molecular formula is C33H25Cl3N4. The minimum Gasteiger partial charge on any atom is -0.244 e. The number of aryl methyl sites for hydroxylation is 1. The summed E-state index contributed by atoms with van der Waals surface area (Å²) in [7, 11) is 0. The molecule has 2 heterocycles. The molecule has 0 unspecified atom stereocenters. The molecule has 7 heteroatoms. The Labute approximate surface area is 246 Å². The molecule has 0 radical (unpaired) electrons. The lowest BCUT2D eigenvalue weighted by Gasteiger charge is -2.29. The van der Waals surface area contributed by atoms with Crippen molar-refractivity contribution in [1.29, 1.82) is 0 Å². The van der Waals surface area contributed by atoms with Gasteiger partial charge in [-0.3, -0.25) is 0 Å². The van der Waals surface area contributed by atoms with Crippen LogP contribution in [0.15, 0.2) is 48.5 Å². The number of benzene rings is 4. The molecule has 0 amide bonds. The highest BCUT2D eigenvalue weighted by molar-refractivity contribution is 6.42. The van der Waals surface area contributed by atoms with E-state index in [9.17, 15) is 0 Å². The van der Waals surface area contributed by atoms with Gasteiger partial charge in [0.1, 0.15) is 0 Å². The van der Waals surface area contributed by atoms with Gasteiger partial charge in [-0.25, -0.2) is 19.9 Å². The van der Waals surface area contributed by atoms with Gasteiger partial charge in [-0.05, 0) is 107 Å². The van der Waals surface area contributed by atoms with Gasteiger partial charge >= 0.3 is 0 Å². The predicted octanol–water partition coefficient (Wildman–Crippen LogP) is 9.62. The number of rotatable bonds is 0. The van der Waals surface area contributed by atoms with Crippen LogP contribution in [0.1, 0.15) is 67.3 Å². The summed E-state index contributed by atoms with van der Waals surface area (Å²) in [6.07, 6.45) is 2.05. The van der Waals surface area contributed by atoms with Crippen molar-refractivity contribution in [3.8, 4) is 0 Å². The average molecular weight is 584 g/mol. The first-order valence-corrected chi connectivity index (χ1v) is 14.7. The highest BCUT2D eigenvalue weighted by Gasteiger charge is 2.53. The van der Waals surface area contributed by atoms with Crippen molar-refractivity contribution in [3.63, 3.8) is 0 Å². The van der Waals surface area contributed by atoms with E-state index in [2.05, 4.69) is 45.0 Å². The van der Waals surface area contributed by atoms with Crippen LogP contribution in [0.3, 0.4) is 0 Å². The number of nitrogens with zero attached hydrogens (tertiary/aromatic N) is 4. The van der Waals surface area contributed by atoms with E-state index in [1.807, 2.05) is 19.1 Å². The smallest absolute Gasteiger partial charge is 0.0910 e. The Kier molecular flexibility index (Phi) is 4.96. The fraction of sp³-hybridized carbons (Fsp3) is 0.273. The van der Waals surface area contributed by atoms with Crippen LogP contribution < -0.4 is 0 Å². The average Bonchev–Trinajstić information content (AvgIpc) is 3.28. The molecule has 40 heavy (non-hydrogen) atoms. The maximum Gasteiger partial charge on any atom is 0.0910 e. The summed E-state index contributed by atoms with van der Waals surface area (Å²) in [5, 5.41) is 1.69. The molecule has 0 N–H and O–H groups in total. The maximum atomic E-state index is 6.42. The number of aromatic nitrogens is 4. The van der Waals surface area contributed by atoms with Crippen LogP contribution in [0.25, 0.3) is 44.1 Å². The molecular weight excluding hydrogens is 559 g/mol. The second kappa shape index (κ2) is 8.03. The Bertz CT molecular complexity index is 2120. The fourth-order valence-corrected chi connectivity index (χ4v) is 7.95. The summed E-state index contributed by atoms with van der Waals surface area (Å²) in [5.74, 6) is 0.385. The number of fused-ring (bicyclic) bond motifs is 8. The van der Waals surface area contributed by atoms with E-state index in [0.29, 0.717) is 21.0 Å². The first-order chi connectivity index (χ1) is 19.0. The molecule has 0 saturated carbocycles. The van der Waals surface area contributed by atoms with E-state index in [4.69, 9.17) is 54.7 Å². The summed E-state index contributed by atoms with van der Waals surface area (Å²) in [5.41, 5.74) is 13.0. The molecule has 6 aromatic rings. The molecule has 0 bridgehead atoms. The van der Waals surface area contributed by atoms with Crippen molar-refractivity contribution in [1.82, 2.24) is 19.9 Å². The van der Waals surface area contributed by atoms with Crippen molar-refractivity contribution in [2.75, 3.05) is 0 Å². The largest absolute Gasteiger partial charge is 0.244 e. The summed E-state index contributed by atoms with van der Waals surface area (Å²) >= 11 is 19.0. The Morgan fingerprint density at radius 2 is 1.05 bits per heavy atom. The van der Waals surface area contributed by atoms with E-state index in [0.717, 1.165) is 62.5 Å². The van der Waals surface area contributed by atoms with Gasteiger partial charge in [0.05, 0.1) is 54.2 Å². The number of hydrogen-bond acceptors (Lipinski definition) is 4. The summed E-state index contributed by atoms with van der Waals surface area (Å²) in [6.45, 7) is 9.04. The lowest BCUT2D eigenvalue weighted by molar-refractivity contribution is 0.388. The number of hydrogen-bond donors (Lipinski definition) is 0. The Morgan fingerprint density at radius 1 is 0.600 bits per heavy atom. The molecule has 2 atom stereocenters. The monoisotopic (exact) mass is 582 g/mol. The molecule has 4 nitrogen and oxygen atoms in total. The van der Waals surface area contributed by atoms with Gasteiger partial charge in [-0.15, -0.1) is 0 Å². The van der Waals surface area contributed by atoms with Gasteiger partial charge < -0.3 is 0 Å². The number of halogens is 3. The van der Waals surface area contributed by atoms with Crippen LogP contribution >= 0.6 is 34.8 Å². The maximum absolute atomic E-state index is 6.42. The molecule has 0 saturated heterocycles. The van der Waals surface area contributed by atoms with Crippen molar-refractivity contribution in [2.45, 2.75) is 57.3 Å². The Morgan fingerprint density at radius 3 is 1.65 bits per heavy atom. The topological polar surface area (TPSA) is 51.6 Å². The van der Waals surface area contributed by atoms with Crippen LogP contribution in [0.5, 0.6) is 0 Å². The van der Waals surface area contributed by atoms with Gasteiger partial charge in [0.2, 0.25) is 0 Å². The first-order valence-electron chi connectivity index (χ1n) is 13.6. The van der Waals surface area contributed by atoms with E-state index >= 15 is 0 Å². The van der Waals surface area contributed by atoms with Crippen molar-refractivity contribution >= 4 is 78.9 Å². The Balaban J connectivity index is 1.39. The van der Waals surface area contributed by atoms with Crippen LogP contribution in [-0.4, -0.2) is 19.9 Å². The minimum atomic E-state index is -0.128.